The van der Waals surface area contributed by atoms with Crippen molar-refractivity contribution in [1.29, 1.82) is 0 Å². The fourth-order valence-corrected chi connectivity index (χ4v) is 8.16. The third kappa shape index (κ3) is 4.70. The lowest BCUT2D eigenvalue weighted by molar-refractivity contribution is -0.145. The number of nitrogens with one attached hydrogen (secondary N) is 1. The first kappa shape index (κ1) is 27.8. The van der Waals surface area contributed by atoms with Crippen LogP contribution in [-0.4, -0.2) is 103 Å². The molecule has 0 atom stereocenters. The highest BCUT2D eigenvalue weighted by Gasteiger charge is 2.60. The van der Waals surface area contributed by atoms with E-state index in [2.05, 4.69) is 10.2 Å². The third-order valence-electron chi connectivity index (χ3n) is 9.12. The Morgan fingerprint density at radius 2 is 1.66 bits per heavy atom. The molecule has 220 valence electrons. The Balaban J connectivity index is 1.17. The summed E-state index contributed by atoms with van der Waals surface area (Å²) in [5.74, 6) is 0.446. The molecule has 12 heteroatoms. The first-order valence-electron chi connectivity index (χ1n) is 14.5. The van der Waals surface area contributed by atoms with Gasteiger partial charge in [0, 0.05) is 44.2 Å². The van der Waals surface area contributed by atoms with Crippen LogP contribution in [0, 0.1) is 5.41 Å². The van der Waals surface area contributed by atoms with Gasteiger partial charge in [0.2, 0.25) is 0 Å². The number of nitrogens with zero attached hydrogens (tertiary/aromatic N) is 4. The SMILES string of the molecule is COC(=O)Nc1sc2c(OC)cccc2c1C(=O)N1CCC(N2CCCC3(C2)C(=O)N2CCCCCN2C3=O)CC1. The van der Waals surface area contributed by atoms with Gasteiger partial charge in [-0.15, -0.1) is 11.3 Å². The van der Waals surface area contributed by atoms with Crippen molar-refractivity contribution in [1.82, 2.24) is 19.8 Å². The molecule has 4 fully saturated rings. The van der Waals surface area contributed by atoms with Crippen molar-refractivity contribution in [2.24, 2.45) is 5.41 Å². The average molecular weight is 584 g/mol. The zero-order valence-corrected chi connectivity index (χ0v) is 24.5. The molecule has 1 spiro atoms. The molecule has 0 saturated carbocycles. The summed E-state index contributed by atoms with van der Waals surface area (Å²) in [4.78, 5) is 57.3. The van der Waals surface area contributed by atoms with Crippen LogP contribution in [0.25, 0.3) is 10.1 Å². The molecule has 1 aromatic heterocycles. The topological polar surface area (TPSA) is 112 Å². The quantitative estimate of drug-likeness (QED) is 0.548. The van der Waals surface area contributed by atoms with Gasteiger partial charge in [-0.3, -0.25) is 34.6 Å². The van der Waals surface area contributed by atoms with Crippen LogP contribution in [0.4, 0.5) is 9.80 Å². The number of carbonyl (C=O) groups excluding carboxylic acids is 4. The molecule has 2 aromatic rings. The van der Waals surface area contributed by atoms with Crippen molar-refractivity contribution in [3.8, 4) is 5.75 Å². The molecule has 0 aliphatic carbocycles. The number of hydrazine groups is 1. The van der Waals surface area contributed by atoms with Crippen LogP contribution >= 0.6 is 11.3 Å². The van der Waals surface area contributed by atoms with Crippen molar-refractivity contribution in [2.45, 2.75) is 51.0 Å². The van der Waals surface area contributed by atoms with E-state index in [0.29, 0.717) is 55.5 Å². The van der Waals surface area contributed by atoms with Gasteiger partial charge in [0.05, 0.1) is 24.5 Å². The molecule has 1 N–H and O–H groups in total. The van der Waals surface area contributed by atoms with Crippen LogP contribution in [0.3, 0.4) is 0 Å². The highest BCUT2D eigenvalue weighted by molar-refractivity contribution is 7.23. The summed E-state index contributed by atoms with van der Waals surface area (Å²) in [5, 5.41) is 7.32. The van der Waals surface area contributed by atoms with Crippen LogP contribution in [0.1, 0.15) is 55.3 Å². The highest BCUT2D eigenvalue weighted by atomic mass is 32.1. The monoisotopic (exact) mass is 583 g/mol. The molecule has 4 amide bonds. The second-order valence-electron chi connectivity index (χ2n) is 11.4. The minimum atomic E-state index is -0.967. The molecule has 4 saturated heterocycles. The van der Waals surface area contributed by atoms with Gasteiger partial charge < -0.3 is 14.4 Å². The maximum Gasteiger partial charge on any atom is 0.411 e. The molecule has 5 heterocycles. The fourth-order valence-electron chi connectivity index (χ4n) is 6.99. The van der Waals surface area contributed by atoms with Gasteiger partial charge in [-0.25, -0.2) is 4.79 Å². The molecule has 0 radical (unpaired) electrons. The van der Waals surface area contributed by atoms with Gasteiger partial charge in [0.15, 0.2) is 0 Å². The van der Waals surface area contributed by atoms with Crippen molar-refractivity contribution < 1.29 is 28.7 Å². The number of carbonyl (C=O) groups is 4. The largest absolute Gasteiger partial charge is 0.495 e. The number of rotatable bonds is 4. The van der Waals surface area contributed by atoms with Crippen molar-refractivity contribution >= 4 is 50.2 Å². The number of fused-ring (bicyclic) bond motifs is 2. The predicted octanol–water partition coefficient (Wildman–Crippen LogP) is 3.54. The summed E-state index contributed by atoms with van der Waals surface area (Å²) < 4.78 is 11.1. The van der Waals surface area contributed by atoms with E-state index in [1.54, 1.807) is 17.1 Å². The Labute approximate surface area is 243 Å². The second-order valence-corrected chi connectivity index (χ2v) is 12.4. The van der Waals surface area contributed by atoms with Crippen molar-refractivity contribution in [3.63, 3.8) is 0 Å². The summed E-state index contributed by atoms with van der Waals surface area (Å²) in [7, 11) is 2.87. The molecule has 1 aromatic carbocycles. The molecule has 41 heavy (non-hydrogen) atoms. The minimum Gasteiger partial charge on any atom is -0.495 e. The lowest BCUT2D eigenvalue weighted by atomic mass is 9.78. The van der Waals surface area contributed by atoms with Crippen LogP contribution in [-0.2, 0) is 14.3 Å². The number of hydrogen-bond donors (Lipinski definition) is 1. The van der Waals surface area contributed by atoms with Crippen molar-refractivity contribution in [3.05, 3.63) is 23.8 Å². The van der Waals surface area contributed by atoms with E-state index in [0.717, 1.165) is 55.2 Å². The van der Waals surface area contributed by atoms with Crippen LogP contribution < -0.4 is 10.1 Å². The predicted molar refractivity (Wildman–Crippen MR) is 154 cm³/mol. The zero-order valence-electron chi connectivity index (χ0n) is 23.6. The van der Waals surface area contributed by atoms with Crippen LogP contribution in [0.2, 0.25) is 0 Å². The maximum absolute atomic E-state index is 13.9. The molecule has 11 nitrogen and oxygen atoms in total. The number of anilines is 1. The number of amides is 4. The first-order chi connectivity index (χ1) is 19.9. The fraction of sp³-hybridized carbons (Fsp3) is 0.586. The Kier molecular flexibility index (Phi) is 7.54. The Hall–Kier alpha value is -3.38. The van der Waals surface area contributed by atoms with E-state index in [9.17, 15) is 19.2 Å². The standard InChI is InChI=1S/C29H37N5O6S/c1-39-21-9-6-8-20-22(24(41-23(20)21)30-28(38)40-2)25(35)31-16-10-19(11-17-31)32-13-7-12-29(18-32)26(36)33-14-4-3-5-15-34(33)27(29)37/h6,8-9,19H,3-5,7,10-18H2,1-2H3,(H,30,38). The number of ether oxygens (including phenoxy) is 2. The van der Waals surface area contributed by atoms with Gasteiger partial charge in [-0.05, 0) is 57.6 Å². The lowest BCUT2D eigenvalue weighted by Gasteiger charge is -2.44. The van der Waals surface area contributed by atoms with E-state index in [-0.39, 0.29) is 23.8 Å². The normalized spacial score (nSPS) is 21.8. The number of likely N-dealkylation sites (tertiary alicyclic amines) is 2. The molecule has 4 aliphatic rings. The lowest BCUT2D eigenvalue weighted by Crippen LogP contribution is -2.56. The van der Waals surface area contributed by atoms with Crippen molar-refractivity contribution in [2.75, 3.05) is 58.8 Å². The zero-order chi connectivity index (χ0) is 28.7. The van der Waals surface area contributed by atoms with Gasteiger partial charge in [0.1, 0.15) is 16.2 Å². The van der Waals surface area contributed by atoms with Gasteiger partial charge in [-0.2, -0.15) is 0 Å². The number of piperidine rings is 2. The first-order valence-corrected chi connectivity index (χ1v) is 15.3. The molecular weight excluding hydrogens is 546 g/mol. The second kappa shape index (κ2) is 11.1. The molecule has 0 bridgehead atoms. The third-order valence-corrected chi connectivity index (χ3v) is 10.3. The molecule has 6 rings (SSSR count). The van der Waals surface area contributed by atoms with E-state index >= 15 is 0 Å². The number of benzene rings is 1. The van der Waals surface area contributed by atoms with Gasteiger partial charge >= 0.3 is 6.09 Å². The number of methoxy groups -OCH3 is 2. The summed E-state index contributed by atoms with van der Waals surface area (Å²) in [6, 6.07) is 5.72. The Bertz CT molecular complexity index is 1340. The van der Waals surface area contributed by atoms with E-state index < -0.39 is 11.5 Å². The Morgan fingerprint density at radius 3 is 2.32 bits per heavy atom. The van der Waals surface area contributed by atoms with Gasteiger partial charge in [-0.1, -0.05) is 12.1 Å². The number of hydrogen-bond acceptors (Lipinski definition) is 8. The summed E-state index contributed by atoms with van der Waals surface area (Å²) >= 11 is 1.29. The summed E-state index contributed by atoms with van der Waals surface area (Å²) in [6.07, 6.45) is 5.20. The van der Waals surface area contributed by atoms with Crippen LogP contribution in [0.5, 0.6) is 5.75 Å². The van der Waals surface area contributed by atoms with E-state index in [4.69, 9.17) is 9.47 Å². The molecule has 4 aliphatic heterocycles. The van der Waals surface area contributed by atoms with E-state index in [1.165, 1.54) is 18.4 Å². The highest BCUT2D eigenvalue weighted by Crippen LogP contribution is 2.43. The molecule has 0 unspecified atom stereocenters. The Morgan fingerprint density at radius 1 is 0.951 bits per heavy atom. The molecular formula is C29H37N5O6S. The minimum absolute atomic E-state index is 0.0212. The van der Waals surface area contributed by atoms with E-state index in [1.807, 2.05) is 23.1 Å². The smallest absolute Gasteiger partial charge is 0.411 e. The average Bonchev–Trinajstić information content (AvgIpc) is 3.30. The maximum atomic E-state index is 13.9. The summed E-state index contributed by atoms with van der Waals surface area (Å²) in [6.45, 7) is 3.66. The van der Waals surface area contributed by atoms with Crippen LogP contribution in [0.15, 0.2) is 18.2 Å². The van der Waals surface area contributed by atoms with Gasteiger partial charge in [0.25, 0.3) is 17.7 Å². The number of thiophene rings is 1. The summed E-state index contributed by atoms with van der Waals surface area (Å²) in [5.41, 5.74) is -0.528.